The number of rotatable bonds is 6. The van der Waals surface area contributed by atoms with E-state index in [4.69, 9.17) is 0 Å². The zero-order chi connectivity index (χ0) is 37.0. The lowest BCUT2D eigenvalue weighted by atomic mass is 9.91. The molecule has 262 valence electrons. The first-order valence-corrected chi connectivity index (χ1v) is 20.0. The first kappa shape index (κ1) is 32.4. The Labute approximate surface area is 330 Å². The van der Waals surface area contributed by atoms with Crippen molar-refractivity contribution in [1.82, 2.24) is 4.57 Å². The minimum absolute atomic E-state index is 1.16. The van der Waals surface area contributed by atoms with Gasteiger partial charge in [0.1, 0.15) is 0 Å². The van der Waals surface area contributed by atoms with Crippen molar-refractivity contribution in [3.8, 4) is 61.3 Å². The van der Waals surface area contributed by atoms with Gasteiger partial charge >= 0.3 is 0 Å². The first-order valence-electron chi connectivity index (χ1n) is 19.2. The van der Waals surface area contributed by atoms with Crippen LogP contribution in [0, 0.1) is 0 Å². The van der Waals surface area contributed by atoms with Crippen LogP contribution in [-0.4, -0.2) is 4.57 Å². The fraction of sp³-hybridized carbons (Fsp3) is 0. The van der Waals surface area contributed by atoms with Gasteiger partial charge in [-0.1, -0.05) is 152 Å². The van der Waals surface area contributed by atoms with E-state index in [-0.39, 0.29) is 0 Å². The van der Waals surface area contributed by atoms with E-state index in [0.717, 1.165) is 5.69 Å². The number of fused-ring (bicyclic) bond motifs is 6. The third kappa shape index (κ3) is 5.54. The molecule has 2 heteroatoms. The molecular formula is C54H35NS. The van der Waals surface area contributed by atoms with Crippen molar-refractivity contribution in [2.75, 3.05) is 0 Å². The lowest BCUT2D eigenvalue weighted by molar-refractivity contribution is 1.18. The highest BCUT2D eigenvalue weighted by atomic mass is 32.1. The number of aromatic nitrogens is 1. The summed E-state index contributed by atoms with van der Waals surface area (Å²) in [5.74, 6) is 0. The van der Waals surface area contributed by atoms with Crippen molar-refractivity contribution < 1.29 is 0 Å². The number of para-hydroxylation sites is 1. The zero-order valence-corrected chi connectivity index (χ0v) is 31.4. The molecule has 2 heterocycles. The molecule has 1 nitrogen and oxygen atoms in total. The third-order valence-electron chi connectivity index (χ3n) is 11.2. The number of nitrogens with zero attached hydrogens (tertiary/aromatic N) is 1. The molecule has 0 aliphatic carbocycles. The lowest BCUT2D eigenvalue weighted by Gasteiger charge is -2.13. The molecule has 0 bridgehead atoms. The molecule has 0 N–H and O–H groups in total. The average molecular weight is 730 g/mol. The van der Waals surface area contributed by atoms with Gasteiger partial charge in [-0.15, -0.1) is 11.3 Å². The van der Waals surface area contributed by atoms with Crippen LogP contribution in [0.1, 0.15) is 0 Å². The minimum Gasteiger partial charge on any atom is -0.309 e. The average Bonchev–Trinajstić information content (AvgIpc) is 3.82. The second kappa shape index (κ2) is 13.4. The maximum Gasteiger partial charge on any atom is 0.0541 e. The van der Waals surface area contributed by atoms with Crippen molar-refractivity contribution in [2.24, 2.45) is 0 Å². The number of thiophene rings is 1. The van der Waals surface area contributed by atoms with Crippen molar-refractivity contribution in [2.45, 2.75) is 0 Å². The van der Waals surface area contributed by atoms with Gasteiger partial charge in [0.25, 0.3) is 0 Å². The molecule has 0 spiro atoms. The Bertz CT molecular complexity index is 3210. The standard InChI is InChI=1S/C54H35NS/c1-4-13-36(14-5-1)38-23-25-39(26-24-38)42-31-43(33-44(32-42)46-20-12-21-48-47-19-10-11-22-53(47)56-54(46)48)41-28-30-52-50(35-41)49-34-40(37-15-6-2-7-16-37)27-29-51(49)55(52)45-17-8-3-9-18-45/h1-35H. The topological polar surface area (TPSA) is 4.93 Å². The van der Waals surface area contributed by atoms with Crippen LogP contribution in [-0.2, 0) is 0 Å². The van der Waals surface area contributed by atoms with Crippen LogP contribution in [0.3, 0.4) is 0 Å². The van der Waals surface area contributed by atoms with Gasteiger partial charge in [0.2, 0.25) is 0 Å². The van der Waals surface area contributed by atoms with Gasteiger partial charge in [-0.25, -0.2) is 0 Å². The Hall–Kier alpha value is -7.00. The van der Waals surface area contributed by atoms with E-state index in [0.29, 0.717) is 0 Å². The summed E-state index contributed by atoms with van der Waals surface area (Å²) in [6, 6.07) is 77.7. The highest BCUT2D eigenvalue weighted by molar-refractivity contribution is 7.26. The number of hydrogen-bond acceptors (Lipinski definition) is 1. The van der Waals surface area contributed by atoms with Crippen LogP contribution in [0.2, 0.25) is 0 Å². The number of hydrogen-bond donors (Lipinski definition) is 0. The molecular weight excluding hydrogens is 695 g/mol. The molecule has 0 amide bonds. The summed E-state index contributed by atoms with van der Waals surface area (Å²) in [5.41, 5.74) is 15.7. The molecule has 11 aromatic rings. The SMILES string of the molecule is c1ccc(-c2ccc(-c3cc(-c4ccc5c(c4)c4cc(-c6ccccc6)ccc4n5-c4ccccc4)cc(-c4cccc5c4sc4ccccc45)c3)cc2)cc1. The van der Waals surface area contributed by atoms with Crippen molar-refractivity contribution in [3.05, 3.63) is 212 Å². The van der Waals surface area contributed by atoms with Gasteiger partial charge < -0.3 is 4.57 Å². The molecule has 2 aromatic heterocycles. The Kier molecular flexibility index (Phi) is 7.75. The Morgan fingerprint density at radius 2 is 0.750 bits per heavy atom. The first-order chi connectivity index (χ1) is 27.7. The van der Waals surface area contributed by atoms with E-state index in [9.17, 15) is 0 Å². The summed E-state index contributed by atoms with van der Waals surface area (Å²) in [4.78, 5) is 0. The largest absolute Gasteiger partial charge is 0.309 e. The molecule has 56 heavy (non-hydrogen) atoms. The molecule has 0 aliphatic heterocycles. The van der Waals surface area contributed by atoms with Crippen LogP contribution in [0.5, 0.6) is 0 Å². The lowest BCUT2D eigenvalue weighted by Crippen LogP contribution is -1.93. The van der Waals surface area contributed by atoms with E-state index in [1.54, 1.807) is 0 Å². The van der Waals surface area contributed by atoms with Gasteiger partial charge in [0.15, 0.2) is 0 Å². The quantitative estimate of drug-likeness (QED) is 0.161. The summed E-state index contributed by atoms with van der Waals surface area (Å²) >= 11 is 1.89. The molecule has 0 fully saturated rings. The van der Waals surface area contributed by atoms with Gasteiger partial charge in [-0.05, 0) is 116 Å². The van der Waals surface area contributed by atoms with Crippen molar-refractivity contribution >= 4 is 53.3 Å². The van der Waals surface area contributed by atoms with Crippen LogP contribution in [0.25, 0.3) is 103 Å². The summed E-state index contributed by atoms with van der Waals surface area (Å²) in [7, 11) is 0. The van der Waals surface area contributed by atoms with E-state index in [2.05, 4.69) is 217 Å². The van der Waals surface area contributed by atoms with Crippen LogP contribution in [0.4, 0.5) is 0 Å². The molecule has 0 aliphatic rings. The smallest absolute Gasteiger partial charge is 0.0541 e. The number of benzene rings is 9. The van der Waals surface area contributed by atoms with Gasteiger partial charge in [0.05, 0.1) is 11.0 Å². The zero-order valence-electron chi connectivity index (χ0n) is 30.6. The van der Waals surface area contributed by atoms with Crippen molar-refractivity contribution in [1.29, 1.82) is 0 Å². The van der Waals surface area contributed by atoms with E-state index in [1.165, 1.54) is 97.6 Å². The third-order valence-corrected chi connectivity index (χ3v) is 12.4. The van der Waals surface area contributed by atoms with Crippen LogP contribution in [0.15, 0.2) is 212 Å². The van der Waals surface area contributed by atoms with Crippen molar-refractivity contribution in [3.63, 3.8) is 0 Å². The maximum atomic E-state index is 2.41. The van der Waals surface area contributed by atoms with E-state index >= 15 is 0 Å². The molecule has 0 saturated carbocycles. The van der Waals surface area contributed by atoms with Gasteiger partial charge in [-0.2, -0.15) is 0 Å². The van der Waals surface area contributed by atoms with Crippen LogP contribution < -0.4 is 0 Å². The highest BCUT2D eigenvalue weighted by Gasteiger charge is 2.17. The summed E-state index contributed by atoms with van der Waals surface area (Å²) < 4.78 is 5.05. The highest BCUT2D eigenvalue weighted by Crippen LogP contribution is 2.43. The summed E-state index contributed by atoms with van der Waals surface area (Å²) in [6.07, 6.45) is 0. The fourth-order valence-electron chi connectivity index (χ4n) is 8.44. The Morgan fingerprint density at radius 1 is 0.286 bits per heavy atom. The molecule has 0 radical (unpaired) electrons. The predicted molar refractivity (Wildman–Crippen MR) is 241 cm³/mol. The van der Waals surface area contributed by atoms with Crippen LogP contribution >= 0.6 is 11.3 Å². The fourth-order valence-corrected chi connectivity index (χ4v) is 9.68. The monoisotopic (exact) mass is 729 g/mol. The Morgan fingerprint density at radius 3 is 1.41 bits per heavy atom. The molecule has 11 rings (SSSR count). The Balaban J connectivity index is 1.13. The summed E-state index contributed by atoms with van der Waals surface area (Å²) in [5, 5.41) is 5.11. The molecule has 0 atom stereocenters. The van der Waals surface area contributed by atoms with Gasteiger partial charge in [-0.3, -0.25) is 0 Å². The van der Waals surface area contributed by atoms with E-state index < -0.39 is 0 Å². The molecule has 0 saturated heterocycles. The minimum atomic E-state index is 1.16. The molecule has 0 unspecified atom stereocenters. The van der Waals surface area contributed by atoms with Gasteiger partial charge in [0, 0.05) is 36.6 Å². The predicted octanol–water partition coefficient (Wildman–Crippen LogP) is 15.5. The maximum absolute atomic E-state index is 2.41. The summed E-state index contributed by atoms with van der Waals surface area (Å²) in [6.45, 7) is 0. The normalized spacial score (nSPS) is 11.6. The second-order valence-corrected chi connectivity index (χ2v) is 15.6. The molecule has 9 aromatic carbocycles. The second-order valence-electron chi connectivity index (χ2n) is 14.5. The van der Waals surface area contributed by atoms with E-state index in [1.807, 2.05) is 11.3 Å².